The first-order chi connectivity index (χ1) is 11.1. The van der Waals surface area contributed by atoms with E-state index in [4.69, 9.17) is 10.5 Å². The predicted molar refractivity (Wildman–Crippen MR) is 89.3 cm³/mol. The van der Waals surface area contributed by atoms with Gasteiger partial charge in [-0.05, 0) is 43.4 Å². The molecule has 0 fully saturated rings. The van der Waals surface area contributed by atoms with E-state index in [-0.39, 0.29) is 5.54 Å². The number of nitrogens with zero attached hydrogens (tertiary/aromatic N) is 3. The van der Waals surface area contributed by atoms with Crippen molar-refractivity contribution in [3.05, 3.63) is 47.0 Å². The number of ether oxygens (including phenoxy) is 1. The largest absolute Gasteiger partial charge is 0.463 e. The SMILES string of the molecule is Cc1ncnc(C)c1-c1ccc2c(c1)CC1(CC2)COC(N)=N1. The topological polar surface area (TPSA) is 73.4 Å². The number of nitrogens with two attached hydrogens (primary N) is 1. The lowest BCUT2D eigenvalue weighted by Crippen LogP contribution is -2.35. The zero-order valence-corrected chi connectivity index (χ0v) is 13.5. The van der Waals surface area contributed by atoms with Crippen LogP contribution in [0.25, 0.3) is 11.1 Å². The highest BCUT2D eigenvalue weighted by Crippen LogP contribution is 2.37. The Labute approximate surface area is 135 Å². The molecule has 2 aliphatic rings. The van der Waals surface area contributed by atoms with Gasteiger partial charge in [0, 0.05) is 23.4 Å². The van der Waals surface area contributed by atoms with Crippen LogP contribution in [0.5, 0.6) is 0 Å². The van der Waals surface area contributed by atoms with Crippen LogP contribution in [0.2, 0.25) is 0 Å². The van der Waals surface area contributed by atoms with Crippen molar-refractivity contribution >= 4 is 6.02 Å². The first kappa shape index (κ1) is 14.2. The second kappa shape index (κ2) is 5.05. The van der Waals surface area contributed by atoms with E-state index in [0.717, 1.165) is 36.2 Å². The lowest BCUT2D eigenvalue weighted by molar-refractivity contribution is 0.235. The van der Waals surface area contributed by atoms with E-state index in [1.165, 1.54) is 16.7 Å². The molecular formula is C18H20N4O. The monoisotopic (exact) mass is 308 g/mol. The van der Waals surface area contributed by atoms with Crippen LogP contribution in [0.1, 0.15) is 28.9 Å². The Morgan fingerprint density at radius 2 is 1.91 bits per heavy atom. The summed E-state index contributed by atoms with van der Waals surface area (Å²) in [6, 6.07) is 7.00. The third-order valence-corrected chi connectivity index (χ3v) is 4.94. The van der Waals surface area contributed by atoms with Gasteiger partial charge in [0.15, 0.2) is 0 Å². The molecule has 1 aliphatic heterocycles. The van der Waals surface area contributed by atoms with Crippen LogP contribution >= 0.6 is 0 Å². The molecule has 1 aliphatic carbocycles. The highest BCUT2D eigenvalue weighted by atomic mass is 16.5. The van der Waals surface area contributed by atoms with Gasteiger partial charge in [-0.2, -0.15) is 0 Å². The number of aryl methyl sites for hydroxylation is 3. The van der Waals surface area contributed by atoms with E-state index < -0.39 is 0 Å². The summed E-state index contributed by atoms with van der Waals surface area (Å²) in [5, 5.41) is 0. The summed E-state index contributed by atoms with van der Waals surface area (Å²) in [7, 11) is 0. The summed E-state index contributed by atoms with van der Waals surface area (Å²) < 4.78 is 5.42. The Balaban J connectivity index is 1.76. The van der Waals surface area contributed by atoms with Crippen molar-refractivity contribution in [2.45, 2.75) is 38.6 Å². The number of fused-ring (bicyclic) bond motifs is 1. The van der Waals surface area contributed by atoms with Gasteiger partial charge in [-0.25, -0.2) is 15.0 Å². The highest BCUT2D eigenvalue weighted by Gasteiger charge is 2.39. The Morgan fingerprint density at radius 3 is 2.61 bits per heavy atom. The Morgan fingerprint density at radius 1 is 1.13 bits per heavy atom. The van der Waals surface area contributed by atoms with Gasteiger partial charge >= 0.3 is 0 Å². The molecule has 0 amide bonds. The summed E-state index contributed by atoms with van der Waals surface area (Å²) in [5.41, 5.74) is 12.6. The third kappa shape index (κ3) is 2.36. The van der Waals surface area contributed by atoms with Crippen molar-refractivity contribution in [2.75, 3.05) is 6.61 Å². The van der Waals surface area contributed by atoms with Crippen LogP contribution in [0.15, 0.2) is 29.5 Å². The Bertz CT molecular complexity index is 794. The fourth-order valence-electron chi connectivity index (χ4n) is 3.74. The van der Waals surface area contributed by atoms with E-state index in [1.807, 2.05) is 13.8 Å². The molecule has 0 saturated heterocycles. The molecule has 23 heavy (non-hydrogen) atoms. The minimum absolute atomic E-state index is 0.174. The summed E-state index contributed by atoms with van der Waals surface area (Å²) in [4.78, 5) is 13.2. The molecule has 4 rings (SSSR count). The molecular weight excluding hydrogens is 288 g/mol. The second-order valence-corrected chi connectivity index (χ2v) is 6.54. The molecule has 1 unspecified atom stereocenters. The highest BCUT2D eigenvalue weighted by molar-refractivity contribution is 5.74. The van der Waals surface area contributed by atoms with Gasteiger partial charge in [0.1, 0.15) is 18.5 Å². The molecule has 1 atom stereocenters. The lowest BCUT2D eigenvalue weighted by Gasteiger charge is -2.30. The van der Waals surface area contributed by atoms with Crippen LogP contribution in [0, 0.1) is 13.8 Å². The smallest absolute Gasteiger partial charge is 0.282 e. The average molecular weight is 308 g/mol. The first-order valence-corrected chi connectivity index (χ1v) is 7.95. The number of benzene rings is 1. The van der Waals surface area contributed by atoms with Gasteiger partial charge in [0.05, 0.1) is 0 Å². The second-order valence-electron chi connectivity index (χ2n) is 6.54. The maximum atomic E-state index is 5.73. The van der Waals surface area contributed by atoms with E-state index in [1.54, 1.807) is 6.33 Å². The molecule has 2 N–H and O–H groups in total. The molecule has 0 bridgehead atoms. The summed E-state index contributed by atoms with van der Waals surface area (Å²) in [6.07, 6.45) is 4.50. The number of hydrogen-bond acceptors (Lipinski definition) is 5. The number of aliphatic imine (C=N–C) groups is 1. The van der Waals surface area contributed by atoms with Gasteiger partial charge < -0.3 is 10.5 Å². The van der Waals surface area contributed by atoms with Crippen molar-refractivity contribution in [1.82, 2.24) is 9.97 Å². The molecule has 0 saturated carbocycles. The van der Waals surface area contributed by atoms with E-state index in [2.05, 4.69) is 33.2 Å². The minimum atomic E-state index is -0.174. The van der Waals surface area contributed by atoms with E-state index in [9.17, 15) is 0 Å². The molecule has 5 nitrogen and oxygen atoms in total. The van der Waals surface area contributed by atoms with Gasteiger partial charge in [-0.1, -0.05) is 18.2 Å². The van der Waals surface area contributed by atoms with Gasteiger partial charge in [0.2, 0.25) is 0 Å². The van der Waals surface area contributed by atoms with Crippen molar-refractivity contribution in [3.63, 3.8) is 0 Å². The number of amidine groups is 1. The zero-order chi connectivity index (χ0) is 16.0. The average Bonchev–Trinajstić information content (AvgIpc) is 2.87. The Hall–Kier alpha value is -2.43. The van der Waals surface area contributed by atoms with Crippen molar-refractivity contribution < 1.29 is 4.74 Å². The predicted octanol–water partition coefficient (Wildman–Crippen LogP) is 2.33. The summed E-state index contributed by atoms with van der Waals surface area (Å²) >= 11 is 0. The van der Waals surface area contributed by atoms with Crippen molar-refractivity contribution in [3.8, 4) is 11.1 Å². The normalized spacial score (nSPS) is 22.6. The van der Waals surface area contributed by atoms with E-state index in [0.29, 0.717) is 12.6 Å². The quantitative estimate of drug-likeness (QED) is 0.877. The maximum Gasteiger partial charge on any atom is 0.282 e. The first-order valence-electron chi connectivity index (χ1n) is 7.95. The van der Waals surface area contributed by atoms with Crippen molar-refractivity contribution in [2.24, 2.45) is 10.7 Å². The van der Waals surface area contributed by atoms with Crippen LogP contribution < -0.4 is 5.73 Å². The van der Waals surface area contributed by atoms with Crippen LogP contribution in [-0.2, 0) is 17.6 Å². The minimum Gasteiger partial charge on any atom is -0.463 e. The molecule has 0 radical (unpaired) electrons. The van der Waals surface area contributed by atoms with Crippen molar-refractivity contribution in [1.29, 1.82) is 0 Å². The van der Waals surface area contributed by atoms with E-state index >= 15 is 0 Å². The standard InChI is InChI=1S/C18H20N4O/c1-11-16(12(2)21-10-20-11)14-4-3-13-5-6-18(8-15(13)7-14)9-23-17(19)22-18/h3-4,7,10H,5-6,8-9H2,1-2H3,(H2,19,22). The molecule has 118 valence electrons. The third-order valence-electron chi connectivity index (χ3n) is 4.94. The molecule has 1 spiro atoms. The zero-order valence-electron chi connectivity index (χ0n) is 13.5. The Kier molecular flexibility index (Phi) is 3.11. The fraction of sp³-hybridized carbons (Fsp3) is 0.389. The number of rotatable bonds is 1. The van der Waals surface area contributed by atoms with Crippen LogP contribution in [0.3, 0.4) is 0 Å². The van der Waals surface area contributed by atoms with Crippen LogP contribution in [-0.4, -0.2) is 28.1 Å². The molecule has 1 aromatic carbocycles. The molecule has 1 aromatic heterocycles. The molecule has 2 aromatic rings. The molecule has 5 heteroatoms. The maximum absolute atomic E-state index is 5.73. The fourth-order valence-corrected chi connectivity index (χ4v) is 3.74. The van der Waals surface area contributed by atoms with Gasteiger partial charge in [-0.15, -0.1) is 0 Å². The van der Waals surface area contributed by atoms with Gasteiger partial charge in [-0.3, -0.25) is 0 Å². The lowest BCUT2D eigenvalue weighted by atomic mass is 9.78. The summed E-state index contributed by atoms with van der Waals surface area (Å²) in [6.45, 7) is 4.65. The number of hydrogen-bond donors (Lipinski definition) is 1. The number of aromatic nitrogens is 2. The van der Waals surface area contributed by atoms with Gasteiger partial charge in [0.25, 0.3) is 6.02 Å². The molecule has 2 heterocycles. The summed E-state index contributed by atoms with van der Waals surface area (Å²) in [5.74, 6) is 0. The van der Waals surface area contributed by atoms with Crippen LogP contribution in [0.4, 0.5) is 0 Å².